The molecule has 0 saturated carbocycles. The van der Waals surface area contributed by atoms with Crippen LogP contribution in [0.25, 0.3) is 0 Å². The highest BCUT2D eigenvalue weighted by atomic mass is 19.1. The lowest BCUT2D eigenvalue weighted by molar-refractivity contribution is -1.02. The van der Waals surface area contributed by atoms with Gasteiger partial charge in [0.2, 0.25) is 0 Å². The zero-order chi connectivity index (χ0) is 13.7. The van der Waals surface area contributed by atoms with E-state index in [1.54, 1.807) is 0 Å². The van der Waals surface area contributed by atoms with E-state index in [2.05, 4.69) is 4.74 Å². The molecule has 2 rings (SSSR count). The van der Waals surface area contributed by atoms with Crippen LogP contribution in [0.2, 0.25) is 0 Å². The molecule has 0 amide bonds. The predicted octanol–water partition coefficient (Wildman–Crippen LogP) is -1.72. The molecule has 104 valence electrons. The second-order valence-electron chi connectivity index (χ2n) is 5.06. The Hall–Kier alpha value is -1.46. The van der Waals surface area contributed by atoms with Crippen LogP contribution in [-0.2, 0) is 16.1 Å². The van der Waals surface area contributed by atoms with E-state index in [0.717, 1.165) is 38.3 Å². The van der Waals surface area contributed by atoms with Crippen molar-refractivity contribution < 1.29 is 23.7 Å². The molecule has 1 aromatic carbocycles. The molecule has 1 aliphatic rings. The maximum Gasteiger partial charge on any atom is 0.361 e. The number of hydrogen-bond donors (Lipinski definition) is 2. The predicted molar refractivity (Wildman–Crippen MR) is 68.4 cm³/mol. The Morgan fingerprint density at radius 2 is 1.74 bits per heavy atom. The van der Waals surface area contributed by atoms with Crippen LogP contribution < -0.4 is 9.80 Å². The zero-order valence-corrected chi connectivity index (χ0v) is 11.2. The van der Waals surface area contributed by atoms with Crippen molar-refractivity contribution in [2.45, 2.75) is 6.54 Å². The van der Waals surface area contributed by atoms with Crippen LogP contribution in [0.4, 0.5) is 4.39 Å². The van der Waals surface area contributed by atoms with Crippen LogP contribution in [0.5, 0.6) is 0 Å². The first kappa shape index (κ1) is 14.0. The topological polar surface area (TPSA) is 35.2 Å². The van der Waals surface area contributed by atoms with Gasteiger partial charge in [0.15, 0.2) is 6.54 Å². The van der Waals surface area contributed by atoms with Crippen LogP contribution in [0.3, 0.4) is 0 Å². The lowest BCUT2D eigenvalue weighted by Gasteiger charge is -2.29. The number of piperazine rings is 1. The highest BCUT2D eigenvalue weighted by molar-refractivity contribution is 5.70. The fourth-order valence-corrected chi connectivity index (χ4v) is 2.48. The minimum atomic E-state index is -0.189. The molecule has 4 nitrogen and oxygen atoms in total. The van der Waals surface area contributed by atoms with Gasteiger partial charge in [-0.05, 0) is 12.1 Å². The summed E-state index contributed by atoms with van der Waals surface area (Å²) in [5.74, 6) is -0.330. The van der Waals surface area contributed by atoms with E-state index in [1.807, 2.05) is 12.1 Å². The Labute approximate surface area is 112 Å². The molecular weight excluding hydrogens is 247 g/mol. The smallest absolute Gasteiger partial charge is 0.361 e. The molecule has 0 bridgehead atoms. The number of benzene rings is 1. The normalized spacial score (nSPS) is 23.1. The van der Waals surface area contributed by atoms with Crippen molar-refractivity contribution in [1.82, 2.24) is 0 Å². The first-order valence-electron chi connectivity index (χ1n) is 6.66. The van der Waals surface area contributed by atoms with E-state index in [0.29, 0.717) is 6.54 Å². The molecule has 0 unspecified atom stereocenters. The lowest BCUT2D eigenvalue weighted by Crippen LogP contribution is -3.27. The van der Waals surface area contributed by atoms with Gasteiger partial charge in [-0.15, -0.1) is 0 Å². The summed E-state index contributed by atoms with van der Waals surface area (Å²) in [6.07, 6.45) is 0. The number of ether oxygens (including phenoxy) is 1. The standard InChI is InChI=1S/C14H19FN2O2/c1-19-14(18)11-17-8-6-16(7-9-17)10-12-2-4-13(15)5-3-12/h2-5H,6-11H2,1H3/p+2. The SMILES string of the molecule is COC(=O)C[NH+]1CC[NH+](Cc2ccc(F)cc2)CC1. The summed E-state index contributed by atoms with van der Waals surface area (Å²) in [7, 11) is 1.43. The maximum atomic E-state index is 12.8. The van der Waals surface area contributed by atoms with Crippen molar-refractivity contribution in [3.63, 3.8) is 0 Å². The number of halogens is 1. The van der Waals surface area contributed by atoms with Gasteiger partial charge in [0.1, 0.15) is 38.5 Å². The van der Waals surface area contributed by atoms with Gasteiger partial charge in [0.25, 0.3) is 0 Å². The maximum absolute atomic E-state index is 12.8. The van der Waals surface area contributed by atoms with Crippen molar-refractivity contribution in [2.24, 2.45) is 0 Å². The van der Waals surface area contributed by atoms with Crippen LogP contribution in [0.1, 0.15) is 5.56 Å². The van der Waals surface area contributed by atoms with E-state index in [1.165, 1.54) is 29.0 Å². The zero-order valence-electron chi connectivity index (χ0n) is 11.2. The third-order valence-corrected chi connectivity index (χ3v) is 3.65. The Morgan fingerprint density at radius 3 is 2.32 bits per heavy atom. The number of quaternary nitrogens is 2. The summed E-state index contributed by atoms with van der Waals surface area (Å²) < 4.78 is 17.5. The fourth-order valence-electron chi connectivity index (χ4n) is 2.48. The summed E-state index contributed by atoms with van der Waals surface area (Å²) in [5.41, 5.74) is 1.16. The monoisotopic (exact) mass is 268 g/mol. The molecule has 5 heteroatoms. The number of rotatable bonds is 4. The molecule has 1 saturated heterocycles. The van der Waals surface area contributed by atoms with E-state index in [4.69, 9.17) is 0 Å². The average Bonchev–Trinajstić information content (AvgIpc) is 2.43. The first-order chi connectivity index (χ1) is 9.17. The fraction of sp³-hybridized carbons (Fsp3) is 0.500. The van der Waals surface area contributed by atoms with Crippen molar-refractivity contribution in [2.75, 3.05) is 39.8 Å². The molecule has 0 spiro atoms. The molecule has 19 heavy (non-hydrogen) atoms. The second-order valence-corrected chi connectivity index (χ2v) is 5.06. The van der Waals surface area contributed by atoms with Crippen LogP contribution in [0.15, 0.2) is 24.3 Å². The van der Waals surface area contributed by atoms with Gasteiger partial charge in [-0.3, -0.25) is 0 Å². The summed E-state index contributed by atoms with van der Waals surface area (Å²) in [6, 6.07) is 6.70. The molecule has 0 atom stereocenters. The Balaban J connectivity index is 1.77. The van der Waals surface area contributed by atoms with Gasteiger partial charge >= 0.3 is 5.97 Å². The van der Waals surface area contributed by atoms with E-state index >= 15 is 0 Å². The minimum Gasteiger partial charge on any atom is -0.465 e. The number of esters is 1. The van der Waals surface area contributed by atoms with Crippen molar-refractivity contribution >= 4 is 5.97 Å². The molecule has 0 aliphatic carbocycles. The second kappa shape index (κ2) is 6.63. The van der Waals surface area contributed by atoms with E-state index in [-0.39, 0.29) is 11.8 Å². The first-order valence-corrected chi connectivity index (χ1v) is 6.66. The molecule has 0 radical (unpaired) electrons. The van der Waals surface area contributed by atoms with E-state index < -0.39 is 0 Å². The summed E-state index contributed by atoms with van der Waals surface area (Å²) in [5, 5.41) is 0. The van der Waals surface area contributed by atoms with Gasteiger partial charge in [-0.2, -0.15) is 0 Å². The van der Waals surface area contributed by atoms with Crippen molar-refractivity contribution in [3.05, 3.63) is 35.6 Å². The molecular formula is C14H21FN2O2+2. The van der Waals surface area contributed by atoms with Gasteiger partial charge in [0.05, 0.1) is 7.11 Å². The molecule has 1 fully saturated rings. The third-order valence-electron chi connectivity index (χ3n) is 3.65. The van der Waals surface area contributed by atoms with Crippen LogP contribution >= 0.6 is 0 Å². The molecule has 0 aromatic heterocycles. The third kappa shape index (κ3) is 4.29. The van der Waals surface area contributed by atoms with Gasteiger partial charge < -0.3 is 14.5 Å². The highest BCUT2D eigenvalue weighted by Crippen LogP contribution is 2.00. The highest BCUT2D eigenvalue weighted by Gasteiger charge is 2.24. The Morgan fingerprint density at radius 1 is 1.16 bits per heavy atom. The number of hydrogen-bond acceptors (Lipinski definition) is 2. The summed E-state index contributed by atoms with van der Waals surface area (Å²) in [4.78, 5) is 14.0. The largest absolute Gasteiger partial charge is 0.465 e. The Bertz CT molecular complexity index is 414. The van der Waals surface area contributed by atoms with Crippen LogP contribution in [-0.4, -0.2) is 45.8 Å². The number of nitrogens with one attached hydrogen (secondary N) is 2. The van der Waals surface area contributed by atoms with E-state index in [9.17, 15) is 9.18 Å². The minimum absolute atomic E-state index is 0.142. The summed E-state index contributed by atoms with van der Waals surface area (Å²) in [6.45, 7) is 5.40. The summed E-state index contributed by atoms with van der Waals surface area (Å²) >= 11 is 0. The van der Waals surface area contributed by atoms with Crippen molar-refractivity contribution in [1.29, 1.82) is 0 Å². The number of carbonyl (C=O) groups is 1. The van der Waals surface area contributed by atoms with Crippen molar-refractivity contribution in [3.8, 4) is 0 Å². The average molecular weight is 268 g/mol. The quantitative estimate of drug-likeness (QED) is 0.637. The molecule has 1 aliphatic heterocycles. The Kier molecular flexibility index (Phi) is 4.87. The van der Waals surface area contributed by atoms with Gasteiger partial charge in [-0.25, -0.2) is 9.18 Å². The van der Waals surface area contributed by atoms with Gasteiger partial charge in [-0.1, -0.05) is 12.1 Å². The van der Waals surface area contributed by atoms with Gasteiger partial charge in [0, 0.05) is 5.56 Å². The molecule has 1 heterocycles. The number of methoxy groups -OCH3 is 1. The lowest BCUT2D eigenvalue weighted by atomic mass is 10.2. The van der Waals surface area contributed by atoms with Crippen LogP contribution in [0, 0.1) is 5.82 Å². The molecule has 1 aromatic rings. The molecule has 2 N–H and O–H groups in total. The number of carbonyl (C=O) groups excluding carboxylic acids is 1.